The van der Waals surface area contributed by atoms with Crippen LogP contribution in [0.2, 0.25) is 0 Å². The number of carbonyl (C=O) groups excluding carboxylic acids is 1. The van der Waals surface area contributed by atoms with E-state index in [-0.39, 0.29) is 29.9 Å². The Kier molecular flexibility index (Phi) is 5.71. The maximum Gasteiger partial charge on any atom is 0.296 e. The molecule has 0 saturated carbocycles. The molecule has 0 heterocycles. The summed E-state index contributed by atoms with van der Waals surface area (Å²) >= 11 is 0. The molecule has 1 atom stereocenters. The third kappa shape index (κ3) is 4.25. The summed E-state index contributed by atoms with van der Waals surface area (Å²) in [5.74, 6) is 0.0875. The molecule has 2 aromatic carbocycles. The van der Waals surface area contributed by atoms with Crippen LogP contribution in [0.15, 0.2) is 42.5 Å². The van der Waals surface area contributed by atoms with Crippen LogP contribution in [0.1, 0.15) is 30.0 Å². The van der Waals surface area contributed by atoms with Crippen molar-refractivity contribution in [3.63, 3.8) is 0 Å². The SMILES string of the molecule is COc1ccc(NC(=O)CN(C)C2CCCc3ccccc32)c([N+](=O)[O-])c1. The summed E-state index contributed by atoms with van der Waals surface area (Å²) in [4.78, 5) is 25.2. The van der Waals surface area contributed by atoms with Gasteiger partial charge in [0.2, 0.25) is 5.91 Å². The van der Waals surface area contributed by atoms with E-state index in [9.17, 15) is 14.9 Å². The van der Waals surface area contributed by atoms with Gasteiger partial charge in [-0.25, -0.2) is 0 Å². The van der Waals surface area contributed by atoms with E-state index in [4.69, 9.17) is 4.74 Å². The van der Waals surface area contributed by atoms with Gasteiger partial charge >= 0.3 is 0 Å². The second kappa shape index (κ2) is 8.18. The minimum atomic E-state index is -0.529. The molecule has 142 valence electrons. The van der Waals surface area contributed by atoms with E-state index in [1.54, 1.807) is 6.07 Å². The summed E-state index contributed by atoms with van der Waals surface area (Å²) in [7, 11) is 3.35. The van der Waals surface area contributed by atoms with Gasteiger partial charge in [-0.05, 0) is 49.6 Å². The van der Waals surface area contributed by atoms with Crippen LogP contribution in [0.25, 0.3) is 0 Å². The lowest BCUT2D eigenvalue weighted by Crippen LogP contribution is -2.35. The highest BCUT2D eigenvalue weighted by atomic mass is 16.6. The Labute approximate surface area is 158 Å². The Bertz CT molecular complexity index is 853. The lowest BCUT2D eigenvalue weighted by molar-refractivity contribution is -0.384. The smallest absolute Gasteiger partial charge is 0.296 e. The van der Waals surface area contributed by atoms with Gasteiger partial charge in [-0.15, -0.1) is 0 Å². The number of benzene rings is 2. The van der Waals surface area contributed by atoms with Gasteiger partial charge in [0, 0.05) is 6.04 Å². The molecule has 0 bridgehead atoms. The van der Waals surface area contributed by atoms with Gasteiger partial charge in [0.05, 0.1) is 24.6 Å². The number of anilines is 1. The van der Waals surface area contributed by atoms with Crippen molar-refractivity contribution in [1.82, 2.24) is 4.90 Å². The first-order valence-electron chi connectivity index (χ1n) is 8.90. The fourth-order valence-corrected chi connectivity index (χ4v) is 3.61. The molecule has 1 aliphatic carbocycles. The highest BCUT2D eigenvalue weighted by Gasteiger charge is 2.25. The first-order valence-corrected chi connectivity index (χ1v) is 8.90. The maximum absolute atomic E-state index is 12.5. The first kappa shape index (κ1) is 18.8. The molecule has 7 nitrogen and oxygen atoms in total. The second-order valence-corrected chi connectivity index (χ2v) is 6.71. The van der Waals surface area contributed by atoms with Crippen molar-refractivity contribution in [3.8, 4) is 5.75 Å². The van der Waals surface area contributed by atoms with Gasteiger partial charge in [0.25, 0.3) is 5.69 Å². The molecular formula is C20H23N3O4. The Balaban J connectivity index is 1.71. The number of aryl methyl sites for hydroxylation is 1. The lowest BCUT2D eigenvalue weighted by Gasteiger charge is -2.32. The Hall–Kier alpha value is -2.93. The molecule has 1 amide bonds. The van der Waals surface area contributed by atoms with Crippen molar-refractivity contribution in [2.24, 2.45) is 0 Å². The second-order valence-electron chi connectivity index (χ2n) is 6.71. The Morgan fingerprint density at radius 3 is 2.85 bits per heavy atom. The number of methoxy groups -OCH3 is 1. The van der Waals surface area contributed by atoms with E-state index in [1.165, 1.54) is 30.4 Å². The highest BCUT2D eigenvalue weighted by Crippen LogP contribution is 2.33. The van der Waals surface area contributed by atoms with Crippen LogP contribution in [-0.2, 0) is 11.2 Å². The minimum Gasteiger partial charge on any atom is -0.496 e. The largest absolute Gasteiger partial charge is 0.496 e. The number of nitrogens with zero attached hydrogens (tertiary/aromatic N) is 2. The van der Waals surface area contributed by atoms with Crippen molar-refractivity contribution in [1.29, 1.82) is 0 Å². The topological polar surface area (TPSA) is 84.7 Å². The molecule has 1 aliphatic rings. The number of carbonyl (C=O) groups is 1. The van der Waals surface area contributed by atoms with Crippen LogP contribution in [0.3, 0.4) is 0 Å². The average molecular weight is 369 g/mol. The molecule has 0 spiro atoms. The summed E-state index contributed by atoms with van der Waals surface area (Å²) in [6.07, 6.45) is 3.13. The zero-order valence-electron chi connectivity index (χ0n) is 15.5. The number of hydrogen-bond donors (Lipinski definition) is 1. The Morgan fingerprint density at radius 2 is 2.11 bits per heavy atom. The van der Waals surface area contributed by atoms with Crippen molar-refractivity contribution in [3.05, 3.63) is 63.7 Å². The molecule has 0 saturated heterocycles. The number of likely N-dealkylation sites (N-methyl/N-ethyl adjacent to an activating group) is 1. The fourth-order valence-electron chi connectivity index (χ4n) is 3.61. The maximum atomic E-state index is 12.5. The molecule has 0 fully saturated rings. The summed E-state index contributed by atoms with van der Waals surface area (Å²) in [6.45, 7) is 0.155. The van der Waals surface area contributed by atoms with Gasteiger partial charge in [-0.3, -0.25) is 19.8 Å². The number of fused-ring (bicyclic) bond motifs is 1. The van der Waals surface area contributed by atoms with E-state index < -0.39 is 4.92 Å². The van der Waals surface area contributed by atoms with Gasteiger partial charge in [0.15, 0.2) is 0 Å². The molecule has 0 aromatic heterocycles. The third-order valence-electron chi connectivity index (χ3n) is 4.94. The first-order chi connectivity index (χ1) is 13.0. The van der Waals surface area contributed by atoms with Gasteiger partial charge in [0.1, 0.15) is 11.4 Å². The van der Waals surface area contributed by atoms with E-state index in [0.29, 0.717) is 5.75 Å². The molecule has 1 N–H and O–H groups in total. The Morgan fingerprint density at radius 1 is 1.33 bits per heavy atom. The zero-order chi connectivity index (χ0) is 19.4. The van der Waals surface area contributed by atoms with Gasteiger partial charge < -0.3 is 10.1 Å². The zero-order valence-corrected chi connectivity index (χ0v) is 15.5. The van der Waals surface area contributed by atoms with Crippen LogP contribution in [0, 0.1) is 10.1 Å². The number of amides is 1. The molecule has 27 heavy (non-hydrogen) atoms. The predicted octanol–water partition coefficient (Wildman–Crippen LogP) is 3.55. The van der Waals surface area contributed by atoms with E-state index in [2.05, 4.69) is 17.4 Å². The van der Waals surface area contributed by atoms with Crippen molar-refractivity contribution in [2.45, 2.75) is 25.3 Å². The predicted molar refractivity (Wildman–Crippen MR) is 103 cm³/mol. The molecule has 7 heteroatoms. The molecule has 3 rings (SSSR count). The standard InChI is InChI=1S/C20H23N3O4/c1-22(18-9-5-7-14-6-3-4-8-16(14)18)13-20(24)21-17-11-10-15(27-2)12-19(17)23(25)26/h3-4,6,8,10-12,18H,5,7,9,13H2,1-2H3,(H,21,24). The number of nitro benzene ring substituents is 1. The van der Waals surface area contributed by atoms with Crippen LogP contribution in [0.5, 0.6) is 5.75 Å². The molecular weight excluding hydrogens is 346 g/mol. The van der Waals surface area contributed by atoms with E-state index >= 15 is 0 Å². The summed E-state index contributed by atoms with van der Waals surface area (Å²) in [5.41, 5.74) is 2.57. The van der Waals surface area contributed by atoms with Gasteiger partial charge in [-0.1, -0.05) is 24.3 Å². The van der Waals surface area contributed by atoms with Crippen LogP contribution in [-0.4, -0.2) is 36.4 Å². The summed E-state index contributed by atoms with van der Waals surface area (Å²) in [5, 5.41) is 13.9. The number of nitro groups is 1. The number of hydrogen-bond acceptors (Lipinski definition) is 5. The normalized spacial score (nSPS) is 15.9. The molecule has 1 unspecified atom stereocenters. The number of ether oxygens (including phenoxy) is 1. The number of nitrogens with one attached hydrogen (secondary N) is 1. The highest BCUT2D eigenvalue weighted by molar-refractivity contribution is 5.94. The van der Waals surface area contributed by atoms with E-state index in [1.807, 2.05) is 24.1 Å². The van der Waals surface area contributed by atoms with E-state index in [0.717, 1.165) is 19.3 Å². The monoisotopic (exact) mass is 369 g/mol. The molecule has 0 aliphatic heterocycles. The lowest BCUT2D eigenvalue weighted by atomic mass is 9.87. The summed E-state index contributed by atoms with van der Waals surface area (Å²) < 4.78 is 5.02. The molecule has 2 aromatic rings. The van der Waals surface area contributed by atoms with Crippen molar-refractivity contribution in [2.75, 3.05) is 26.0 Å². The van der Waals surface area contributed by atoms with Crippen molar-refractivity contribution >= 4 is 17.3 Å². The third-order valence-corrected chi connectivity index (χ3v) is 4.94. The fraction of sp³-hybridized carbons (Fsp3) is 0.350. The average Bonchev–Trinajstić information content (AvgIpc) is 2.67. The van der Waals surface area contributed by atoms with Crippen LogP contribution < -0.4 is 10.1 Å². The molecule has 0 radical (unpaired) electrons. The van der Waals surface area contributed by atoms with Crippen LogP contribution in [0.4, 0.5) is 11.4 Å². The minimum absolute atomic E-state index is 0.155. The summed E-state index contributed by atoms with van der Waals surface area (Å²) in [6, 6.07) is 12.9. The van der Waals surface area contributed by atoms with Crippen LogP contribution >= 0.6 is 0 Å². The quantitative estimate of drug-likeness (QED) is 0.622. The van der Waals surface area contributed by atoms with Crippen molar-refractivity contribution < 1.29 is 14.5 Å². The van der Waals surface area contributed by atoms with Gasteiger partial charge in [-0.2, -0.15) is 0 Å². The number of rotatable bonds is 6.